The Balaban J connectivity index is 1.29. The Morgan fingerprint density at radius 2 is 1.66 bits per heavy atom. The summed E-state index contributed by atoms with van der Waals surface area (Å²) in [5.41, 5.74) is 3.29. The average molecular weight is 602 g/mol. The maximum Gasteiger partial charge on any atom is 0.265 e. The van der Waals surface area contributed by atoms with Gasteiger partial charge in [0.25, 0.3) is 5.91 Å². The summed E-state index contributed by atoms with van der Waals surface area (Å²) in [4.78, 5) is 17.4. The van der Waals surface area contributed by atoms with Gasteiger partial charge in [-0.15, -0.1) is 0 Å². The molecule has 11 heteroatoms. The zero-order valence-corrected chi connectivity index (χ0v) is 24.8. The Morgan fingerprint density at radius 1 is 1.00 bits per heavy atom. The molecule has 2 N–H and O–H groups in total. The van der Waals surface area contributed by atoms with Gasteiger partial charge >= 0.3 is 0 Å². The molecule has 1 heterocycles. The van der Waals surface area contributed by atoms with Gasteiger partial charge in [-0.1, -0.05) is 29.8 Å². The number of methoxy groups -OCH3 is 1. The van der Waals surface area contributed by atoms with Crippen molar-refractivity contribution in [3.63, 3.8) is 0 Å². The SMILES string of the molecule is COc1ccc(S(=O)(=O)[C@](C)(Cc2ccc(OCCCN3CCN(c4cccc(Cl)c4)CC3)cc2)C(=O)NO)cc1. The first-order valence-electron chi connectivity index (χ1n) is 13.4. The van der Waals surface area contributed by atoms with Crippen molar-refractivity contribution in [1.82, 2.24) is 10.4 Å². The molecule has 1 fully saturated rings. The summed E-state index contributed by atoms with van der Waals surface area (Å²) in [6.07, 6.45) is 0.725. The molecule has 0 spiro atoms. The first-order chi connectivity index (χ1) is 19.7. The number of benzene rings is 3. The molecule has 41 heavy (non-hydrogen) atoms. The van der Waals surface area contributed by atoms with Gasteiger partial charge in [0.05, 0.1) is 18.6 Å². The number of sulfone groups is 1. The minimum atomic E-state index is -4.17. The summed E-state index contributed by atoms with van der Waals surface area (Å²) in [5.74, 6) is 0.136. The van der Waals surface area contributed by atoms with Gasteiger partial charge in [0.15, 0.2) is 14.6 Å². The van der Waals surface area contributed by atoms with Gasteiger partial charge in [-0.3, -0.25) is 14.9 Å². The van der Waals surface area contributed by atoms with Crippen molar-refractivity contribution in [2.45, 2.75) is 29.4 Å². The van der Waals surface area contributed by atoms with Crippen molar-refractivity contribution in [3.8, 4) is 11.5 Å². The van der Waals surface area contributed by atoms with Crippen LogP contribution in [0.5, 0.6) is 11.5 Å². The molecule has 1 saturated heterocycles. The number of carbonyl (C=O) groups is 1. The van der Waals surface area contributed by atoms with E-state index in [2.05, 4.69) is 15.9 Å². The quantitative estimate of drug-likeness (QED) is 0.180. The van der Waals surface area contributed by atoms with Crippen LogP contribution < -0.4 is 19.9 Å². The molecule has 0 radical (unpaired) electrons. The molecular formula is C30H36ClN3O6S. The lowest BCUT2D eigenvalue weighted by Gasteiger charge is -2.36. The van der Waals surface area contributed by atoms with Crippen molar-refractivity contribution < 1.29 is 27.9 Å². The van der Waals surface area contributed by atoms with E-state index >= 15 is 0 Å². The van der Waals surface area contributed by atoms with E-state index in [1.807, 2.05) is 18.2 Å². The van der Waals surface area contributed by atoms with Gasteiger partial charge in [-0.2, -0.15) is 0 Å². The first kappa shape index (κ1) is 30.6. The van der Waals surface area contributed by atoms with Crippen LogP contribution in [0.3, 0.4) is 0 Å². The van der Waals surface area contributed by atoms with Crippen LogP contribution in [-0.4, -0.2) is 75.6 Å². The van der Waals surface area contributed by atoms with Crippen molar-refractivity contribution in [2.75, 3.05) is 51.3 Å². The summed E-state index contributed by atoms with van der Waals surface area (Å²) in [7, 11) is -2.69. The molecule has 1 aliphatic heterocycles. The number of ether oxygens (including phenoxy) is 2. The van der Waals surface area contributed by atoms with Gasteiger partial charge in [0, 0.05) is 49.9 Å². The third-order valence-corrected chi connectivity index (χ3v) is 10.1. The monoisotopic (exact) mass is 601 g/mol. The minimum Gasteiger partial charge on any atom is -0.497 e. The normalized spacial score (nSPS) is 15.7. The number of rotatable bonds is 12. The van der Waals surface area contributed by atoms with Crippen LogP contribution in [0.15, 0.2) is 77.7 Å². The Kier molecular flexibility index (Phi) is 10.1. The van der Waals surface area contributed by atoms with Gasteiger partial charge in [0.1, 0.15) is 11.5 Å². The Bertz CT molecular complexity index is 1410. The molecule has 0 aromatic heterocycles. The highest BCUT2D eigenvalue weighted by atomic mass is 35.5. The smallest absolute Gasteiger partial charge is 0.265 e. The largest absolute Gasteiger partial charge is 0.497 e. The van der Waals surface area contributed by atoms with E-state index in [0.717, 1.165) is 49.9 Å². The first-order valence-corrected chi connectivity index (χ1v) is 15.3. The van der Waals surface area contributed by atoms with Crippen LogP contribution in [0.4, 0.5) is 5.69 Å². The number of nitrogens with one attached hydrogen (secondary N) is 1. The molecule has 220 valence electrons. The number of carbonyl (C=O) groups excluding carboxylic acids is 1. The Labute approximate surface area is 246 Å². The van der Waals surface area contributed by atoms with Crippen molar-refractivity contribution in [3.05, 3.63) is 83.4 Å². The molecule has 0 unspecified atom stereocenters. The van der Waals surface area contributed by atoms with E-state index in [4.69, 9.17) is 21.1 Å². The lowest BCUT2D eigenvalue weighted by Crippen LogP contribution is -2.51. The molecule has 3 aromatic rings. The molecule has 1 amide bonds. The number of halogens is 1. The van der Waals surface area contributed by atoms with Crippen molar-refractivity contribution in [2.24, 2.45) is 0 Å². The van der Waals surface area contributed by atoms with Gasteiger partial charge < -0.3 is 14.4 Å². The maximum atomic E-state index is 13.5. The predicted octanol–water partition coefficient (Wildman–Crippen LogP) is 4.22. The molecule has 3 aromatic carbocycles. The molecule has 1 aliphatic rings. The van der Waals surface area contributed by atoms with E-state index in [9.17, 15) is 18.4 Å². The minimum absolute atomic E-state index is 0.0461. The number of amides is 1. The Hall–Kier alpha value is -3.31. The average Bonchev–Trinajstić information content (AvgIpc) is 2.99. The zero-order valence-electron chi connectivity index (χ0n) is 23.3. The van der Waals surface area contributed by atoms with Crippen LogP contribution in [0.1, 0.15) is 18.9 Å². The highest BCUT2D eigenvalue weighted by Gasteiger charge is 2.47. The van der Waals surface area contributed by atoms with E-state index in [0.29, 0.717) is 23.7 Å². The van der Waals surface area contributed by atoms with Gasteiger partial charge in [0.2, 0.25) is 0 Å². The summed E-state index contributed by atoms with van der Waals surface area (Å²) >= 11 is 6.13. The van der Waals surface area contributed by atoms with Crippen LogP contribution in [0, 0.1) is 0 Å². The summed E-state index contributed by atoms with van der Waals surface area (Å²) in [5, 5.41) is 10.1. The molecule has 9 nitrogen and oxygen atoms in total. The lowest BCUT2D eigenvalue weighted by molar-refractivity contribution is -0.131. The van der Waals surface area contributed by atoms with Crippen molar-refractivity contribution in [1.29, 1.82) is 0 Å². The fourth-order valence-corrected chi connectivity index (χ4v) is 6.75. The third kappa shape index (κ3) is 7.32. The fraction of sp³-hybridized carbons (Fsp3) is 0.367. The molecule has 4 rings (SSSR count). The van der Waals surface area contributed by atoms with Crippen molar-refractivity contribution >= 4 is 33.0 Å². The standard InChI is InChI=1S/C30H36ClN3O6S/c1-30(29(35)32-36,41(37,38)28-13-11-26(39-2)12-14-28)22-23-7-9-27(10-8-23)40-20-4-15-33-16-18-34(19-17-33)25-6-3-5-24(31)21-25/h3,5-14,21,36H,4,15-20,22H2,1-2H3,(H,32,35)/t30-/m1/s1. The molecular weight excluding hydrogens is 566 g/mol. The van der Waals surface area contributed by atoms with Gasteiger partial charge in [-0.05, 0) is 73.5 Å². The van der Waals surface area contributed by atoms with Crippen LogP contribution >= 0.6 is 11.6 Å². The molecule has 0 saturated carbocycles. The zero-order chi connectivity index (χ0) is 29.5. The number of nitrogens with zero attached hydrogens (tertiary/aromatic N) is 2. The van der Waals surface area contributed by atoms with E-state index in [-0.39, 0.29) is 11.3 Å². The molecule has 1 atom stereocenters. The van der Waals surface area contributed by atoms with Crippen LogP contribution in [-0.2, 0) is 21.1 Å². The highest BCUT2D eigenvalue weighted by Crippen LogP contribution is 2.31. The highest BCUT2D eigenvalue weighted by molar-refractivity contribution is 7.93. The predicted molar refractivity (Wildman–Crippen MR) is 159 cm³/mol. The summed E-state index contributed by atoms with van der Waals surface area (Å²) in [6.45, 7) is 6.62. The lowest BCUT2D eigenvalue weighted by atomic mass is 9.99. The molecule has 0 aliphatic carbocycles. The van der Waals surface area contributed by atoms with Crippen LogP contribution in [0.25, 0.3) is 0 Å². The summed E-state index contributed by atoms with van der Waals surface area (Å²) < 4.78 is 36.0. The second-order valence-electron chi connectivity index (χ2n) is 10.2. The Morgan fingerprint density at radius 3 is 2.27 bits per heavy atom. The second-order valence-corrected chi connectivity index (χ2v) is 13.0. The van der Waals surface area contributed by atoms with Gasteiger partial charge in [-0.25, -0.2) is 13.9 Å². The number of hydrogen-bond acceptors (Lipinski definition) is 8. The molecule has 0 bridgehead atoms. The number of anilines is 1. The van der Waals surface area contributed by atoms with E-state index in [1.165, 1.54) is 43.8 Å². The fourth-order valence-electron chi connectivity index (χ4n) is 4.90. The van der Waals surface area contributed by atoms with E-state index < -0.39 is 20.5 Å². The second kappa shape index (κ2) is 13.6. The van der Waals surface area contributed by atoms with Crippen LogP contribution in [0.2, 0.25) is 5.02 Å². The third-order valence-electron chi connectivity index (χ3n) is 7.44. The number of piperazine rings is 1. The number of hydroxylamine groups is 1. The topological polar surface area (TPSA) is 108 Å². The number of hydrogen-bond donors (Lipinski definition) is 2. The summed E-state index contributed by atoms with van der Waals surface area (Å²) in [6, 6.07) is 20.7. The van der Waals surface area contributed by atoms with E-state index in [1.54, 1.807) is 24.3 Å². The maximum absolute atomic E-state index is 13.5.